The molecule has 0 N–H and O–H groups in total. The van der Waals surface area contributed by atoms with E-state index in [1.54, 1.807) is 48.5 Å². The Bertz CT molecular complexity index is 1120. The van der Waals surface area contributed by atoms with Gasteiger partial charge in [-0.3, -0.25) is 0 Å². The van der Waals surface area contributed by atoms with Crippen molar-refractivity contribution in [2.24, 2.45) is 5.16 Å². The van der Waals surface area contributed by atoms with Crippen LogP contribution in [0.1, 0.15) is 27.0 Å². The number of nitrogens with zero attached hydrogens (tertiary/aromatic N) is 1. The van der Waals surface area contributed by atoms with Crippen LogP contribution in [0.2, 0.25) is 0 Å². The number of sulfone groups is 1. The van der Waals surface area contributed by atoms with Crippen molar-refractivity contribution in [2.75, 3.05) is 0 Å². The SMILES string of the molecule is Cc1ccc(C(=O)ON=C2c3ccccc3S(=O)(=O)c3ccccc32)cc1. The highest BCUT2D eigenvalue weighted by Gasteiger charge is 2.33. The smallest absolute Gasteiger partial charge is 0.312 e. The summed E-state index contributed by atoms with van der Waals surface area (Å²) in [6, 6.07) is 20.0. The van der Waals surface area contributed by atoms with Crippen LogP contribution in [-0.2, 0) is 14.7 Å². The molecule has 0 spiro atoms. The summed E-state index contributed by atoms with van der Waals surface area (Å²) in [6.45, 7) is 1.92. The summed E-state index contributed by atoms with van der Waals surface area (Å²) in [7, 11) is -3.65. The fraction of sp³-hybridized carbons (Fsp3) is 0.0476. The van der Waals surface area contributed by atoms with Crippen molar-refractivity contribution < 1.29 is 18.0 Å². The first-order chi connectivity index (χ1) is 13.0. The Labute approximate surface area is 156 Å². The first-order valence-electron chi connectivity index (χ1n) is 8.28. The fourth-order valence-electron chi connectivity index (χ4n) is 2.98. The number of fused-ring (bicyclic) bond motifs is 2. The molecule has 1 aliphatic heterocycles. The van der Waals surface area contributed by atoms with Crippen LogP contribution >= 0.6 is 0 Å². The third-order valence-electron chi connectivity index (χ3n) is 4.37. The molecule has 27 heavy (non-hydrogen) atoms. The van der Waals surface area contributed by atoms with Crippen molar-refractivity contribution in [1.82, 2.24) is 0 Å². The first-order valence-corrected chi connectivity index (χ1v) is 9.77. The largest absolute Gasteiger partial charge is 0.365 e. The monoisotopic (exact) mass is 377 g/mol. The Hall–Kier alpha value is -3.25. The lowest BCUT2D eigenvalue weighted by Gasteiger charge is -2.20. The quantitative estimate of drug-likeness (QED) is 0.394. The molecule has 0 fully saturated rings. The van der Waals surface area contributed by atoms with Gasteiger partial charge in [-0.25, -0.2) is 13.2 Å². The highest BCUT2D eigenvalue weighted by Crippen LogP contribution is 2.34. The Kier molecular flexibility index (Phi) is 4.12. The summed E-state index contributed by atoms with van der Waals surface area (Å²) >= 11 is 0. The molecule has 0 saturated carbocycles. The van der Waals surface area contributed by atoms with Crippen LogP contribution in [-0.4, -0.2) is 20.1 Å². The maximum Gasteiger partial charge on any atom is 0.365 e. The zero-order valence-corrected chi connectivity index (χ0v) is 15.2. The van der Waals surface area contributed by atoms with Gasteiger partial charge in [0, 0.05) is 11.1 Å². The summed E-state index contributed by atoms with van der Waals surface area (Å²) in [5.74, 6) is -0.606. The molecule has 1 aliphatic rings. The van der Waals surface area contributed by atoms with E-state index in [4.69, 9.17) is 4.84 Å². The number of rotatable bonds is 2. The minimum atomic E-state index is -3.65. The average molecular weight is 377 g/mol. The van der Waals surface area contributed by atoms with Gasteiger partial charge in [-0.05, 0) is 31.2 Å². The van der Waals surface area contributed by atoms with Gasteiger partial charge >= 0.3 is 5.97 Å². The number of aryl methyl sites for hydroxylation is 1. The molecule has 4 rings (SSSR count). The zero-order valence-electron chi connectivity index (χ0n) is 14.4. The number of oxime groups is 1. The predicted octanol–water partition coefficient (Wildman–Crippen LogP) is 3.75. The maximum atomic E-state index is 12.9. The minimum Gasteiger partial charge on any atom is -0.312 e. The molecule has 0 aliphatic carbocycles. The zero-order chi connectivity index (χ0) is 19.0. The van der Waals surface area contributed by atoms with E-state index in [1.807, 2.05) is 19.1 Å². The first kappa shape index (κ1) is 17.2. The second-order valence-corrected chi connectivity index (χ2v) is 8.07. The molecule has 0 atom stereocenters. The molecule has 0 aromatic heterocycles. The lowest BCUT2D eigenvalue weighted by atomic mass is 10.0. The van der Waals surface area contributed by atoms with Crippen molar-refractivity contribution in [3.05, 3.63) is 95.1 Å². The van der Waals surface area contributed by atoms with Gasteiger partial charge < -0.3 is 4.84 Å². The Morgan fingerprint density at radius 2 is 1.33 bits per heavy atom. The van der Waals surface area contributed by atoms with E-state index in [0.29, 0.717) is 22.4 Å². The van der Waals surface area contributed by atoms with E-state index in [2.05, 4.69) is 5.16 Å². The summed E-state index contributed by atoms with van der Waals surface area (Å²) in [5, 5.41) is 4.03. The summed E-state index contributed by atoms with van der Waals surface area (Å²) in [6.07, 6.45) is 0. The topological polar surface area (TPSA) is 72.8 Å². The molecule has 1 heterocycles. The van der Waals surface area contributed by atoms with Crippen molar-refractivity contribution in [3.8, 4) is 0 Å². The van der Waals surface area contributed by atoms with E-state index >= 15 is 0 Å². The fourth-order valence-corrected chi connectivity index (χ4v) is 4.65. The molecule has 3 aromatic rings. The van der Waals surface area contributed by atoms with E-state index < -0.39 is 15.8 Å². The molecule has 5 nitrogen and oxygen atoms in total. The molecule has 6 heteroatoms. The average Bonchev–Trinajstić information content (AvgIpc) is 2.68. The van der Waals surface area contributed by atoms with E-state index in [1.165, 1.54) is 12.1 Å². The normalized spacial score (nSPS) is 14.0. The number of hydrogen-bond donors (Lipinski definition) is 0. The van der Waals surface area contributed by atoms with Gasteiger partial charge in [0.05, 0.1) is 15.4 Å². The van der Waals surface area contributed by atoms with Crippen LogP contribution < -0.4 is 0 Å². The van der Waals surface area contributed by atoms with Crippen LogP contribution in [0.15, 0.2) is 87.7 Å². The highest BCUT2D eigenvalue weighted by atomic mass is 32.2. The molecule has 0 bridgehead atoms. The molecule has 3 aromatic carbocycles. The van der Waals surface area contributed by atoms with Gasteiger partial charge in [0.25, 0.3) is 0 Å². The van der Waals surface area contributed by atoms with Crippen LogP contribution in [0.25, 0.3) is 0 Å². The van der Waals surface area contributed by atoms with Gasteiger partial charge in [-0.2, -0.15) is 0 Å². The number of benzene rings is 3. The van der Waals surface area contributed by atoms with Crippen molar-refractivity contribution in [2.45, 2.75) is 16.7 Å². The van der Waals surface area contributed by atoms with Gasteiger partial charge in [0.15, 0.2) is 0 Å². The summed E-state index contributed by atoms with van der Waals surface area (Å²) < 4.78 is 25.7. The van der Waals surface area contributed by atoms with Gasteiger partial charge in [-0.1, -0.05) is 59.3 Å². The standard InChI is InChI=1S/C21H15NO4S/c1-14-10-12-15(13-11-14)21(23)26-22-20-16-6-2-4-8-18(16)27(24,25)19-9-5-3-7-17(19)20/h2-13H,1H3. The number of carbonyl (C=O) groups is 1. The van der Waals surface area contributed by atoms with Gasteiger partial charge in [0.1, 0.15) is 5.71 Å². The van der Waals surface area contributed by atoms with Crippen LogP contribution in [0.5, 0.6) is 0 Å². The molecular formula is C21H15NO4S. The highest BCUT2D eigenvalue weighted by molar-refractivity contribution is 7.91. The second kappa shape index (κ2) is 6.48. The van der Waals surface area contributed by atoms with Crippen molar-refractivity contribution in [3.63, 3.8) is 0 Å². The molecular weight excluding hydrogens is 362 g/mol. The molecule has 134 valence electrons. The van der Waals surface area contributed by atoms with Crippen molar-refractivity contribution >= 4 is 21.5 Å². The minimum absolute atomic E-state index is 0.147. The Balaban J connectivity index is 1.80. The summed E-state index contributed by atoms with van der Waals surface area (Å²) in [4.78, 5) is 17.7. The Morgan fingerprint density at radius 1 is 0.815 bits per heavy atom. The van der Waals surface area contributed by atoms with Gasteiger partial charge in [-0.15, -0.1) is 0 Å². The second-order valence-electron chi connectivity index (χ2n) is 6.18. The molecule has 0 saturated heterocycles. The van der Waals surface area contributed by atoms with E-state index in [9.17, 15) is 13.2 Å². The predicted molar refractivity (Wildman–Crippen MR) is 101 cm³/mol. The van der Waals surface area contributed by atoms with Crippen LogP contribution in [0.4, 0.5) is 0 Å². The van der Waals surface area contributed by atoms with Crippen molar-refractivity contribution in [1.29, 1.82) is 0 Å². The molecule has 0 radical (unpaired) electrons. The number of hydrogen-bond acceptors (Lipinski definition) is 5. The summed E-state index contributed by atoms with van der Waals surface area (Å²) in [5.41, 5.74) is 2.53. The lowest BCUT2D eigenvalue weighted by molar-refractivity contribution is 0.0517. The third-order valence-corrected chi connectivity index (χ3v) is 6.24. The Morgan fingerprint density at radius 3 is 1.89 bits per heavy atom. The molecule has 0 unspecified atom stereocenters. The van der Waals surface area contributed by atoms with E-state index in [0.717, 1.165) is 5.56 Å². The third kappa shape index (κ3) is 2.94. The van der Waals surface area contributed by atoms with Crippen LogP contribution in [0, 0.1) is 6.92 Å². The maximum absolute atomic E-state index is 12.9. The molecule has 0 amide bonds. The van der Waals surface area contributed by atoms with Crippen LogP contribution in [0.3, 0.4) is 0 Å². The van der Waals surface area contributed by atoms with E-state index in [-0.39, 0.29) is 9.79 Å². The lowest BCUT2D eigenvalue weighted by Crippen LogP contribution is -2.21. The number of carbonyl (C=O) groups excluding carboxylic acids is 1. The van der Waals surface area contributed by atoms with Gasteiger partial charge in [0.2, 0.25) is 9.84 Å².